The van der Waals surface area contributed by atoms with Crippen LogP contribution in [0.25, 0.3) is 6.08 Å². The molecule has 0 saturated carbocycles. The summed E-state index contributed by atoms with van der Waals surface area (Å²) in [5, 5.41) is 2.62. The topological polar surface area (TPSA) is 88.4 Å². The lowest BCUT2D eigenvalue weighted by atomic mass is 10.2. The second kappa shape index (κ2) is 8.10. The van der Waals surface area contributed by atoms with Crippen LogP contribution in [0.2, 0.25) is 0 Å². The van der Waals surface area contributed by atoms with Crippen molar-refractivity contribution >= 4 is 33.4 Å². The number of halogens is 1. The molecule has 0 aliphatic rings. The predicted molar refractivity (Wildman–Crippen MR) is 105 cm³/mol. The van der Waals surface area contributed by atoms with E-state index in [4.69, 9.17) is 4.42 Å². The van der Waals surface area contributed by atoms with Gasteiger partial charge in [-0.3, -0.25) is 9.52 Å². The van der Waals surface area contributed by atoms with E-state index in [-0.39, 0.29) is 16.3 Å². The third-order valence-corrected chi connectivity index (χ3v) is 5.09. The minimum absolute atomic E-state index is 0.0943. The van der Waals surface area contributed by atoms with Crippen LogP contribution in [0.5, 0.6) is 0 Å². The highest BCUT2D eigenvalue weighted by Gasteiger charge is 2.16. The van der Waals surface area contributed by atoms with Crippen molar-refractivity contribution in [1.82, 2.24) is 0 Å². The molecule has 1 heterocycles. The summed E-state index contributed by atoms with van der Waals surface area (Å²) < 4.78 is 45.8. The van der Waals surface area contributed by atoms with Gasteiger partial charge < -0.3 is 9.73 Å². The van der Waals surface area contributed by atoms with Gasteiger partial charge in [0.15, 0.2) is 0 Å². The van der Waals surface area contributed by atoms with Crippen LogP contribution in [-0.2, 0) is 14.8 Å². The van der Waals surface area contributed by atoms with Gasteiger partial charge in [-0.1, -0.05) is 12.1 Å². The molecule has 3 rings (SSSR count). The Labute approximate surface area is 161 Å². The monoisotopic (exact) mass is 400 g/mol. The predicted octanol–water partition coefficient (Wildman–Crippen LogP) is 4.18. The number of nitrogens with one attached hydrogen (secondary N) is 2. The molecule has 2 aromatic carbocycles. The molecule has 3 aromatic rings. The number of sulfonamides is 1. The van der Waals surface area contributed by atoms with E-state index in [0.29, 0.717) is 5.76 Å². The van der Waals surface area contributed by atoms with Gasteiger partial charge in [-0.05, 0) is 61.5 Å². The molecule has 1 amide bonds. The first-order valence-corrected chi connectivity index (χ1v) is 9.75. The first-order chi connectivity index (χ1) is 13.3. The Bertz CT molecular complexity index is 1120. The number of aryl methyl sites for hydroxylation is 1. The van der Waals surface area contributed by atoms with Gasteiger partial charge in [-0.15, -0.1) is 0 Å². The second-order valence-electron chi connectivity index (χ2n) is 5.88. The minimum atomic E-state index is -3.94. The Morgan fingerprint density at radius 2 is 1.68 bits per heavy atom. The quantitative estimate of drug-likeness (QED) is 0.608. The average Bonchev–Trinajstić information content (AvgIpc) is 3.07. The van der Waals surface area contributed by atoms with Crippen LogP contribution in [0, 0.1) is 12.7 Å². The molecule has 0 radical (unpaired) electrons. The zero-order chi connectivity index (χ0) is 20.1. The lowest BCUT2D eigenvalue weighted by Crippen LogP contribution is -2.16. The number of para-hydroxylation sites is 2. The van der Waals surface area contributed by atoms with Crippen molar-refractivity contribution in [2.45, 2.75) is 11.8 Å². The first-order valence-electron chi connectivity index (χ1n) is 8.26. The zero-order valence-electron chi connectivity index (χ0n) is 14.8. The van der Waals surface area contributed by atoms with Crippen LogP contribution in [0.1, 0.15) is 11.5 Å². The van der Waals surface area contributed by atoms with Gasteiger partial charge in [0.1, 0.15) is 17.3 Å². The van der Waals surface area contributed by atoms with E-state index in [1.807, 2.05) is 0 Å². The number of hydrogen-bond acceptors (Lipinski definition) is 4. The van der Waals surface area contributed by atoms with Gasteiger partial charge >= 0.3 is 0 Å². The van der Waals surface area contributed by atoms with Gasteiger partial charge in [-0.25, -0.2) is 12.8 Å². The minimum Gasteiger partial charge on any atom is -0.462 e. The standard InChI is InChI=1S/C20H17FN2O4S/c1-14-6-9-16(27-14)10-13-20(24)22-18-4-2-3-5-19(18)23-28(25,26)17-11-7-15(21)8-12-17/h2-13,23H,1H3,(H,22,24)/b13-10+. The summed E-state index contributed by atoms with van der Waals surface area (Å²) in [5.74, 6) is 0.256. The SMILES string of the molecule is Cc1ccc(/C=C/C(=O)Nc2ccccc2NS(=O)(=O)c2ccc(F)cc2)o1. The number of carbonyl (C=O) groups is 1. The van der Waals surface area contributed by atoms with Gasteiger partial charge in [0.25, 0.3) is 10.0 Å². The van der Waals surface area contributed by atoms with E-state index in [0.717, 1.165) is 30.0 Å². The molecule has 0 fully saturated rings. The summed E-state index contributed by atoms with van der Waals surface area (Å²) in [6, 6.07) is 14.3. The number of carbonyl (C=O) groups excluding carboxylic acids is 1. The van der Waals surface area contributed by atoms with Crippen molar-refractivity contribution in [3.05, 3.63) is 84.1 Å². The highest BCUT2D eigenvalue weighted by molar-refractivity contribution is 7.92. The highest BCUT2D eigenvalue weighted by atomic mass is 32.2. The Balaban J connectivity index is 1.76. The maximum Gasteiger partial charge on any atom is 0.261 e. The number of rotatable bonds is 6. The van der Waals surface area contributed by atoms with Gasteiger partial charge in [0.05, 0.1) is 16.3 Å². The lowest BCUT2D eigenvalue weighted by Gasteiger charge is -2.12. The maximum absolute atomic E-state index is 13.0. The van der Waals surface area contributed by atoms with Crippen molar-refractivity contribution in [1.29, 1.82) is 0 Å². The van der Waals surface area contributed by atoms with E-state index < -0.39 is 21.7 Å². The van der Waals surface area contributed by atoms with E-state index in [9.17, 15) is 17.6 Å². The molecule has 0 saturated heterocycles. The van der Waals surface area contributed by atoms with Crippen molar-refractivity contribution in [2.75, 3.05) is 10.0 Å². The van der Waals surface area contributed by atoms with Crippen LogP contribution < -0.4 is 10.0 Å². The highest BCUT2D eigenvalue weighted by Crippen LogP contribution is 2.24. The van der Waals surface area contributed by atoms with Crippen LogP contribution >= 0.6 is 0 Å². The molecule has 0 spiro atoms. The van der Waals surface area contributed by atoms with Gasteiger partial charge in [0.2, 0.25) is 5.91 Å². The number of benzene rings is 2. The number of furan rings is 1. The zero-order valence-corrected chi connectivity index (χ0v) is 15.7. The summed E-state index contributed by atoms with van der Waals surface area (Å²) in [6.45, 7) is 1.79. The normalized spacial score (nSPS) is 11.5. The second-order valence-corrected chi connectivity index (χ2v) is 7.56. The fourth-order valence-electron chi connectivity index (χ4n) is 2.37. The molecule has 8 heteroatoms. The van der Waals surface area contributed by atoms with Crippen LogP contribution in [0.3, 0.4) is 0 Å². The maximum atomic E-state index is 13.0. The third-order valence-electron chi connectivity index (χ3n) is 3.71. The van der Waals surface area contributed by atoms with Crippen molar-refractivity contribution in [3.63, 3.8) is 0 Å². The Kier molecular flexibility index (Phi) is 5.60. The molecule has 1 aromatic heterocycles. The molecule has 0 bridgehead atoms. The fraction of sp³-hybridized carbons (Fsp3) is 0.0500. The van der Waals surface area contributed by atoms with Crippen LogP contribution in [0.15, 0.2) is 76.1 Å². The smallest absolute Gasteiger partial charge is 0.261 e. The number of anilines is 2. The Morgan fingerprint density at radius 1 is 1.00 bits per heavy atom. The van der Waals surface area contributed by atoms with Crippen molar-refractivity contribution in [3.8, 4) is 0 Å². The molecular weight excluding hydrogens is 383 g/mol. The summed E-state index contributed by atoms with van der Waals surface area (Å²) >= 11 is 0. The molecule has 2 N–H and O–H groups in total. The molecular formula is C20H17FN2O4S. The molecule has 0 unspecified atom stereocenters. The van der Waals surface area contributed by atoms with E-state index in [1.165, 1.54) is 18.2 Å². The number of hydrogen-bond donors (Lipinski definition) is 2. The molecule has 28 heavy (non-hydrogen) atoms. The Hall–Kier alpha value is -3.39. The average molecular weight is 400 g/mol. The van der Waals surface area contributed by atoms with E-state index >= 15 is 0 Å². The summed E-state index contributed by atoms with van der Waals surface area (Å²) in [4.78, 5) is 12.1. The van der Waals surface area contributed by atoms with Crippen molar-refractivity contribution < 1.29 is 22.0 Å². The van der Waals surface area contributed by atoms with Gasteiger partial charge in [0, 0.05) is 6.08 Å². The fourth-order valence-corrected chi connectivity index (χ4v) is 3.45. The first kappa shape index (κ1) is 19.4. The largest absolute Gasteiger partial charge is 0.462 e. The summed E-state index contributed by atoms with van der Waals surface area (Å²) in [5.41, 5.74) is 0.459. The van der Waals surface area contributed by atoms with Crippen LogP contribution in [-0.4, -0.2) is 14.3 Å². The van der Waals surface area contributed by atoms with E-state index in [2.05, 4.69) is 10.0 Å². The van der Waals surface area contributed by atoms with Crippen LogP contribution in [0.4, 0.5) is 15.8 Å². The molecule has 144 valence electrons. The summed E-state index contributed by atoms with van der Waals surface area (Å²) in [6.07, 6.45) is 2.79. The van der Waals surface area contributed by atoms with E-state index in [1.54, 1.807) is 37.3 Å². The van der Waals surface area contributed by atoms with Gasteiger partial charge in [-0.2, -0.15) is 0 Å². The Morgan fingerprint density at radius 3 is 2.32 bits per heavy atom. The number of amides is 1. The van der Waals surface area contributed by atoms with Crippen molar-refractivity contribution in [2.24, 2.45) is 0 Å². The third kappa shape index (κ3) is 4.86. The molecule has 6 nitrogen and oxygen atoms in total. The lowest BCUT2D eigenvalue weighted by molar-refractivity contribution is -0.111. The molecule has 0 atom stereocenters. The molecule has 0 aliphatic heterocycles. The summed E-state index contributed by atoms with van der Waals surface area (Å²) in [7, 11) is -3.94. The molecule has 0 aliphatic carbocycles.